The monoisotopic (exact) mass is 198 g/mol. The Morgan fingerprint density at radius 2 is 2.36 bits per heavy atom. The fraction of sp³-hybridized carbons (Fsp3) is 0.818. The second-order valence-corrected chi connectivity index (χ2v) is 3.99. The van der Waals surface area contributed by atoms with Crippen molar-refractivity contribution >= 4 is 0 Å². The Morgan fingerprint density at radius 1 is 1.57 bits per heavy atom. The van der Waals surface area contributed by atoms with E-state index < -0.39 is 0 Å². The van der Waals surface area contributed by atoms with E-state index in [1.54, 1.807) is 7.11 Å². The molecule has 82 valence electrons. The zero-order valence-electron chi connectivity index (χ0n) is 9.62. The molecule has 3 heteroatoms. The van der Waals surface area contributed by atoms with Crippen LogP contribution in [0.1, 0.15) is 12.8 Å². The normalized spacial score (nSPS) is 17.4. The van der Waals surface area contributed by atoms with E-state index >= 15 is 0 Å². The molecule has 0 saturated heterocycles. The molecule has 1 aliphatic rings. The van der Waals surface area contributed by atoms with Crippen LogP contribution in [0.25, 0.3) is 0 Å². The first kappa shape index (κ1) is 11.5. The van der Waals surface area contributed by atoms with Crippen molar-refractivity contribution in [3.05, 3.63) is 11.8 Å². The van der Waals surface area contributed by atoms with Crippen molar-refractivity contribution in [3.8, 4) is 0 Å². The van der Waals surface area contributed by atoms with E-state index in [0.717, 1.165) is 19.7 Å². The third kappa shape index (κ3) is 3.68. The predicted molar refractivity (Wildman–Crippen MR) is 59.3 cm³/mol. The lowest BCUT2D eigenvalue weighted by Crippen LogP contribution is -2.32. The number of nitrogens with zero attached hydrogens (tertiary/aromatic N) is 2. The van der Waals surface area contributed by atoms with Gasteiger partial charge in [-0.15, -0.1) is 0 Å². The molecule has 0 aromatic rings. The third-order valence-corrected chi connectivity index (χ3v) is 2.68. The van der Waals surface area contributed by atoms with Gasteiger partial charge in [0.05, 0.1) is 6.61 Å². The molecular weight excluding hydrogens is 176 g/mol. The van der Waals surface area contributed by atoms with E-state index in [9.17, 15) is 0 Å². The molecule has 0 saturated carbocycles. The molecule has 0 radical (unpaired) electrons. The van der Waals surface area contributed by atoms with Crippen molar-refractivity contribution in [2.24, 2.45) is 0 Å². The van der Waals surface area contributed by atoms with Gasteiger partial charge in [0.15, 0.2) is 0 Å². The minimum Gasteiger partial charge on any atom is -0.383 e. The van der Waals surface area contributed by atoms with Gasteiger partial charge in [-0.3, -0.25) is 4.90 Å². The summed E-state index contributed by atoms with van der Waals surface area (Å²) < 4.78 is 5.05. The molecule has 0 amide bonds. The van der Waals surface area contributed by atoms with E-state index in [4.69, 9.17) is 4.74 Å². The number of methoxy groups -OCH3 is 1. The molecule has 0 spiro atoms. The Morgan fingerprint density at radius 3 is 3.00 bits per heavy atom. The van der Waals surface area contributed by atoms with Crippen molar-refractivity contribution in [2.75, 3.05) is 47.4 Å². The maximum atomic E-state index is 5.05. The summed E-state index contributed by atoms with van der Waals surface area (Å²) in [5, 5.41) is 0. The molecule has 0 bridgehead atoms. The summed E-state index contributed by atoms with van der Waals surface area (Å²) in [6.07, 6.45) is 4.88. The predicted octanol–water partition coefficient (Wildman–Crippen LogP) is 1.17. The van der Waals surface area contributed by atoms with Crippen LogP contribution in [-0.2, 0) is 4.74 Å². The molecule has 1 aliphatic heterocycles. The van der Waals surface area contributed by atoms with E-state index in [1.165, 1.54) is 25.1 Å². The molecule has 0 unspecified atom stereocenters. The lowest BCUT2D eigenvalue weighted by Gasteiger charge is -2.29. The first-order valence-corrected chi connectivity index (χ1v) is 5.31. The van der Waals surface area contributed by atoms with E-state index in [-0.39, 0.29) is 0 Å². The van der Waals surface area contributed by atoms with Crippen LogP contribution in [0.3, 0.4) is 0 Å². The van der Waals surface area contributed by atoms with Crippen LogP contribution in [-0.4, -0.2) is 57.2 Å². The van der Waals surface area contributed by atoms with E-state index in [2.05, 4.69) is 30.0 Å². The second-order valence-electron chi connectivity index (χ2n) is 3.99. The summed E-state index contributed by atoms with van der Waals surface area (Å²) in [5.74, 6) is 0. The summed E-state index contributed by atoms with van der Waals surface area (Å²) in [6, 6.07) is 0. The molecular formula is C11H22N2O. The summed E-state index contributed by atoms with van der Waals surface area (Å²) >= 11 is 0. The average Bonchev–Trinajstić information content (AvgIpc) is 2.18. The van der Waals surface area contributed by atoms with Gasteiger partial charge in [-0.2, -0.15) is 0 Å². The molecule has 3 nitrogen and oxygen atoms in total. The molecule has 0 fully saturated rings. The fourth-order valence-corrected chi connectivity index (χ4v) is 1.68. The van der Waals surface area contributed by atoms with Gasteiger partial charge in [-0.25, -0.2) is 0 Å². The zero-order valence-corrected chi connectivity index (χ0v) is 9.62. The minimum atomic E-state index is 0.813. The molecule has 0 aromatic heterocycles. The van der Waals surface area contributed by atoms with Crippen LogP contribution in [0.5, 0.6) is 0 Å². The Labute approximate surface area is 87.3 Å². The Balaban J connectivity index is 2.31. The van der Waals surface area contributed by atoms with Crippen LogP contribution in [0.4, 0.5) is 0 Å². The SMILES string of the molecule is COCCN(C)CC1=CCCCN1C. The summed E-state index contributed by atoms with van der Waals surface area (Å²) in [6.45, 7) is 4.05. The number of hydrogen-bond donors (Lipinski definition) is 0. The van der Waals surface area contributed by atoms with Gasteiger partial charge in [-0.05, 0) is 19.9 Å². The van der Waals surface area contributed by atoms with Crippen LogP contribution in [0, 0.1) is 0 Å². The molecule has 0 aliphatic carbocycles. The zero-order chi connectivity index (χ0) is 10.4. The van der Waals surface area contributed by atoms with Crippen LogP contribution in [0.2, 0.25) is 0 Å². The summed E-state index contributed by atoms with van der Waals surface area (Å²) in [5.41, 5.74) is 1.45. The highest BCUT2D eigenvalue weighted by molar-refractivity contribution is 5.05. The molecule has 1 heterocycles. The highest BCUT2D eigenvalue weighted by atomic mass is 16.5. The van der Waals surface area contributed by atoms with Gasteiger partial charge >= 0.3 is 0 Å². The van der Waals surface area contributed by atoms with Gasteiger partial charge in [0.1, 0.15) is 0 Å². The molecule has 0 atom stereocenters. The summed E-state index contributed by atoms with van der Waals surface area (Å²) in [4.78, 5) is 4.66. The van der Waals surface area contributed by atoms with Crippen molar-refractivity contribution in [1.29, 1.82) is 0 Å². The number of rotatable bonds is 5. The third-order valence-electron chi connectivity index (χ3n) is 2.68. The fourth-order valence-electron chi connectivity index (χ4n) is 1.68. The van der Waals surface area contributed by atoms with Crippen molar-refractivity contribution in [3.63, 3.8) is 0 Å². The second kappa shape index (κ2) is 6.04. The Bertz CT molecular complexity index is 192. The maximum absolute atomic E-state index is 5.05. The molecule has 14 heavy (non-hydrogen) atoms. The van der Waals surface area contributed by atoms with Gasteiger partial charge < -0.3 is 9.64 Å². The van der Waals surface area contributed by atoms with Crippen LogP contribution >= 0.6 is 0 Å². The van der Waals surface area contributed by atoms with Gasteiger partial charge in [0.2, 0.25) is 0 Å². The highest BCUT2D eigenvalue weighted by Gasteiger charge is 2.10. The Kier molecular flexibility index (Phi) is 4.98. The van der Waals surface area contributed by atoms with Gasteiger partial charge in [-0.1, -0.05) is 6.08 Å². The van der Waals surface area contributed by atoms with Gasteiger partial charge in [0.25, 0.3) is 0 Å². The lowest BCUT2D eigenvalue weighted by molar-refractivity contribution is 0.161. The molecule has 0 N–H and O–H groups in total. The van der Waals surface area contributed by atoms with Crippen molar-refractivity contribution < 1.29 is 4.74 Å². The number of hydrogen-bond acceptors (Lipinski definition) is 3. The van der Waals surface area contributed by atoms with Crippen LogP contribution < -0.4 is 0 Å². The smallest absolute Gasteiger partial charge is 0.0589 e. The number of likely N-dealkylation sites (N-methyl/N-ethyl adjacent to an activating group) is 2. The summed E-state index contributed by atoms with van der Waals surface area (Å²) in [7, 11) is 6.07. The molecule has 1 rings (SSSR count). The van der Waals surface area contributed by atoms with E-state index in [1.807, 2.05) is 0 Å². The van der Waals surface area contributed by atoms with Crippen LogP contribution in [0.15, 0.2) is 11.8 Å². The minimum absolute atomic E-state index is 0.813. The van der Waals surface area contributed by atoms with Crippen molar-refractivity contribution in [2.45, 2.75) is 12.8 Å². The standard InChI is InChI=1S/C11H22N2O/c1-12(8-9-14-3)10-11-6-4-5-7-13(11)2/h6H,4-5,7-10H2,1-3H3. The number of allylic oxidation sites excluding steroid dienone is 1. The number of ether oxygens (including phenoxy) is 1. The molecule has 0 aromatic carbocycles. The van der Waals surface area contributed by atoms with Gasteiger partial charge in [0, 0.05) is 39.5 Å². The average molecular weight is 198 g/mol. The first-order chi connectivity index (χ1) is 6.74. The quantitative estimate of drug-likeness (QED) is 0.659. The lowest BCUT2D eigenvalue weighted by atomic mass is 10.1. The Hall–Kier alpha value is -0.540. The largest absolute Gasteiger partial charge is 0.383 e. The maximum Gasteiger partial charge on any atom is 0.0589 e. The van der Waals surface area contributed by atoms with E-state index in [0.29, 0.717) is 0 Å². The highest BCUT2D eigenvalue weighted by Crippen LogP contribution is 2.12. The van der Waals surface area contributed by atoms with Crippen molar-refractivity contribution in [1.82, 2.24) is 9.80 Å². The topological polar surface area (TPSA) is 15.7 Å². The first-order valence-electron chi connectivity index (χ1n) is 5.31.